The van der Waals surface area contributed by atoms with Gasteiger partial charge in [-0.25, -0.2) is 0 Å². The zero-order chi connectivity index (χ0) is 32.2. The number of hydrogen-bond donors (Lipinski definition) is 0. The highest BCUT2D eigenvalue weighted by molar-refractivity contribution is 6.53. The molecule has 0 aliphatic heterocycles. The fourth-order valence-corrected chi connectivity index (χ4v) is 4.36. The van der Waals surface area contributed by atoms with Gasteiger partial charge in [-0.1, -0.05) is 77.0 Å². The number of rotatable bonds is 12. The minimum Gasteiger partial charge on any atom is -0.489 e. The topological polar surface area (TPSA) is 82.0 Å². The van der Waals surface area contributed by atoms with E-state index in [1.165, 1.54) is 24.1 Å². The Balaban J connectivity index is 1.71. The summed E-state index contributed by atoms with van der Waals surface area (Å²) in [6, 6.07) is 27.8. The van der Waals surface area contributed by atoms with Crippen LogP contribution >= 0.6 is 0 Å². The fraction of sp³-hybridized carbons (Fsp3) is 0.206. The van der Waals surface area contributed by atoms with Gasteiger partial charge in [0.1, 0.15) is 38.4 Å². The number of carbonyl (C=O) groups excluding carboxylic acids is 1. The number of amides is 1. The van der Waals surface area contributed by atoms with E-state index in [9.17, 15) is 18.0 Å². The Bertz CT molecular complexity index is 1640. The lowest BCUT2D eigenvalue weighted by molar-refractivity contribution is -0.137. The van der Waals surface area contributed by atoms with Crippen LogP contribution in [0.3, 0.4) is 0 Å². The minimum atomic E-state index is -4.52. The number of benzene rings is 4. The van der Waals surface area contributed by atoms with Crippen molar-refractivity contribution in [2.45, 2.75) is 33.2 Å². The molecule has 0 aromatic heterocycles. The van der Waals surface area contributed by atoms with Crippen molar-refractivity contribution in [1.82, 2.24) is 0 Å². The van der Waals surface area contributed by atoms with Gasteiger partial charge in [-0.3, -0.25) is 9.69 Å². The smallest absolute Gasteiger partial charge is 0.416 e. The van der Waals surface area contributed by atoms with Crippen LogP contribution in [-0.4, -0.2) is 31.2 Å². The molecule has 8 nitrogen and oxygen atoms in total. The average molecular weight is 620 g/mol. The fourth-order valence-electron chi connectivity index (χ4n) is 4.36. The highest BCUT2D eigenvalue weighted by atomic mass is 19.4. The van der Waals surface area contributed by atoms with Crippen LogP contribution in [0.15, 0.2) is 113 Å². The summed E-state index contributed by atoms with van der Waals surface area (Å²) < 4.78 is 51.5. The van der Waals surface area contributed by atoms with E-state index in [1.54, 1.807) is 50.2 Å². The third-order valence-electron chi connectivity index (χ3n) is 6.44. The molecule has 0 N–H and O–H groups in total. The van der Waals surface area contributed by atoms with Crippen LogP contribution in [0.4, 0.5) is 18.9 Å². The second kappa shape index (κ2) is 15.4. The lowest BCUT2D eigenvalue weighted by atomic mass is 10.0. The van der Waals surface area contributed by atoms with Crippen molar-refractivity contribution in [3.8, 4) is 11.5 Å². The van der Waals surface area contributed by atoms with Crippen LogP contribution in [0.2, 0.25) is 0 Å². The number of nitrogens with zero attached hydrogens (tertiary/aromatic N) is 3. The SMILES string of the molecule is CCO/N=C(\C)N(C(=O)/C(=N/OC)c1ccccc1COc1ccccc1)c1ccccc1COc1cccc(C(F)(F)F)c1. The summed E-state index contributed by atoms with van der Waals surface area (Å²) in [5, 5.41) is 8.22. The van der Waals surface area contributed by atoms with Gasteiger partial charge in [0.2, 0.25) is 0 Å². The summed E-state index contributed by atoms with van der Waals surface area (Å²) in [4.78, 5) is 26.1. The Morgan fingerprint density at radius 2 is 1.40 bits per heavy atom. The third kappa shape index (κ3) is 8.62. The summed E-state index contributed by atoms with van der Waals surface area (Å²) in [6.45, 7) is 3.58. The molecule has 4 aromatic carbocycles. The molecule has 0 fully saturated rings. The predicted molar refractivity (Wildman–Crippen MR) is 165 cm³/mol. The van der Waals surface area contributed by atoms with Crippen molar-refractivity contribution >= 4 is 23.1 Å². The van der Waals surface area contributed by atoms with Gasteiger partial charge >= 0.3 is 6.18 Å². The van der Waals surface area contributed by atoms with Gasteiger partial charge in [0.25, 0.3) is 5.91 Å². The van der Waals surface area contributed by atoms with E-state index in [-0.39, 0.29) is 37.1 Å². The van der Waals surface area contributed by atoms with E-state index in [2.05, 4.69) is 10.3 Å². The first-order valence-electron chi connectivity index (χ1n) is 14.0. The van der Waals surface area contributed by atoms with Crippen molar-refractivity contribution in [3.05, 3.63) is 125 Å². The van der Waals surface area contributed by atoms with Crippen LogP contribution in [0, 0.1) is 0 Å². The van der Waals surface area contributed by atoms with E-state index >= 15 is 0 Å². The van der Waals surface area contributed by atoms with Gasteiger partial charge in [-0.2, -0.15) is 13.2 Å². The van der Waals surface area contributed by atoms with Gasteiger partial charge in [0.05, 0.1) is 11.3 Å². The monoisotopic (exact) mass is 619 g/mol. The number of hydrogen-bond acceptors (Lipinski definition) is 7. The zero-order valence-electron chi connectivity index (χ0n) is 25.0. The van der Waals surface area contributed by atoms with Gasteiger partial charge in [-0.05, 0) is 55.8 Å². The Morgan fingerprint density at radius 1 is 0.778 bits per heavy atom. The summed E-state index contributed by atoms with van der Waals surface area (Å²) in [5.74, 6) is 0.248. The van der Waals surface area contributed by atoms with E-state index in [4.69, 9.17) is 19.1 Å². The number of amidine groups is 1. The van der Waals surface area contributed by atoms with Crippen LogP contribution in [0.5, 0.6) is 11.5 Å². The predicted octanol–water partition coefficient (Wildman–Crippen LogP) is 7.62. The van der Waals surface area contributed by atoms with E-state index < -0.39 is 17.6 Å². The van der Waals surface area contributed by atoms with Crippen molar-refractivity contribution in [1.29, 1.82) is 0 Å². The molecular formula is C34H32F3N3O5. The first-order chi connectivity index (χ1) is 21.7. The molecule has 45 heavy (non-hydrogen) atoms. The van der Waals surface area contributed by atoms with Crippen LogP contribution in [0.25, 0.3) is 0 Å². The maximum atomic E-state index is 14.4. The molecule has 0 unspecified atom stereocenters. The standard InChI is InChI=1S/C34H32F3N3O5/c1-4-45-38-24(2)40(31-20-11-9-14-26(31)23-44-29-18-12-15-27(21-29)34(35,36)37)33(41)32(39-42-3)30-19-10-8-13-25(30)22-43-28-16-6-5-7-17-28/h5-21H,4,22-23H2,1-3H3/b38-24+,39-32+. The largest absolute Gasteiger partial charge is 0.489 e. The van der Waals surface area contributed by atoms with Gasteiger partial charge in [0, 0.05) is 11.1 Å². The lowest BCUT2D eigenvalue weighted by Gasteiger charge is -2.25. The van der Waals surface area contributed by atoms with Gasteiger partial charge < -0.3 is 19.1 Å². The molecule has 0 heterocycles. The molecule has 0 bridgehead atoms. The first kappa shape index (κ1) is 32.6. The zero-order valence-corrected chi connectivity index (χ0v) is 25.0. The molecule has 0 saturated carbocycles. The molecule has 0 atom stereocenters. The molecule has 0 aliphatic rings. The van der Waals surface area contributed by atoms with Gasteiger partial charge in [-0.15, -0.1) is 0 Å². The van der Waals surface area contributed by atoms with Gasteiger partial charge in [0.15, 0.2) is 11.5 Å². The highest BCUT2D eigenvalue weighted by Gasteiger charge is 2.31. The molecule has 234 valence electrons. The summed E-state index contributed by atoms with van der Waals surface area (Å²) in [6.07, 6.45) is -4.52. The Labute approximate surface area is 259 Å². The molecule has 4 rings (SSSR count). The van der Waals surface area contributed by atoms with E-state index in [1.807, 2.05) is 42.5 Å². The van der Waals surface area contributed by atoms with E-state index in [0.29, 0.717) is 28.1 Å². The molecule has 0 saturated heterocycles. The number of ether oxygens (including phenoxy) is 2. The van der Waals surface area contributed by atoms with Crippen molar-refractivity contribution in [2.75, 3.05) is 18.6 Å². The normalized spacial score (nSPS) is 12.0. The summed E-state index contributed by atoms with van der Waals surface area (Å²) >= 11 is 0. The molecule has 0 spiro atoms. The second-order valence-corrected chi connectivity index (χ2v) is 9.52. The molecule has 0 aliphatic carbocycles. The average Bonchev–Trinajstić information content (AvgIpc) is 3.05. The molecule has 11 heteroatoms. The van der Waals surface area contributed by atoms with Crippen molar-refractivity contribution in [2.24, 2.45) is 10.3 Å². The number of carbonyl (C=O) groups is 1. The number of para-hydroxylation sites is 2. The Kier molecular flexibility index (Phi) is 11.2. The Morgan fingerprint density at radius 3 is 2.11 bits per heavy atom. The Hall–Kier alpha value is -5.32. The van der Waals surface area contributed by atoms with E-state index in [0.717, 1.165) is 12.1 Å². The van der Waals surface area contributed by atoms with Crippen LogP contribution in [-0.2, 0) is 33.9 Å². The van der Waals surface area contributed by atoms with Crippen molar-refractivity contribution in [3.63, 3.8) is 0 Å². The highest BCUT2D eigenvalue weighted by Crippen LogP contribution is 2.32. The third-order valence-corrected chi connectivity index (χ3v) is 6.44. The molecule has 1 amide bonds. The number of oxime groups is 2. The first-order valence-corrected chi connectivity index (χ1v) is 14.0. The number of anilines is 1. The molecule has 4 aromatic rings. The van der Waals surface area contributed by atoms with Crippen LogP contribution < -0.4 is 14.4 Å². The van der Waals surface area contributed by atoms with Crippen LogP contribution in [0.1, 0.15) is 36.1 Å². The molecule has 0 radical (unpaired) electrons. The number of alkyl halides is 3. The lowest BCUT2D eigenvalue weighted by Crippen LogP contribution is -2.42. The quantitative estimate of drug-likeness (QED) is 0.0926. The molecular weight excluding hydrogens is 587 g/mol. The number of halogens is 3. The second-order valence-electron chi connectivity index (χ2n) is 9.52. The van der Waals surface area contributed by atoms with Crippen molar-refractivity contribution < 1.29 is 37.1 Å². The maximum absolute atomic E-state index is 14.4. The summed E-state index contributed by atoms with van der Waals surface area (Å²) in [5.41, 5.74) is 1.12. The maximum Gasteiger partial charge on any atom is 0.416 e. The minimum absolute atomic E-state index is 0.0196. The summed E-state index contributed by atoms with van der Waals surface area (Å²) in [7, 11) is 1.33.